The number of nitrogens with zero attached hydrogens (tertiary/aromatic N) is 2. The molecule has 1 atom stereocenters. The van der Waals surface area contributed by atoms with E-state index in [1.807, 2.05) is 12.1 Å². The van der Waals surface area contributed by atoms with Gasteiger partial charge < -0.3 is 4.98 Å². The van der Waals surface area contributed by atoms with Crippen LogP contribution in [0.15, 0.2) is 30.6 Å². The molecule has 0 spiro atoms. The number of H-pyrrole nitrogens is 1. The van der Waals surface area contributed by atoms with Crippen molar-refractivity contribution in [2.24, 2.45) is 5.92 Å². The first kappa shape index (κ1) is 15.2. The number of aromatic nitrogens is 2. The van der Waals surface area contributed by atoms with Crippen molar-refractivity contribution in [3.63, 3.8) is 0 Å². The average molecular weight is 301 g/mol. The standard InChI is InChI=1S/C18H24FN3/c1-14-18(21-13-20-14)12-22-10-2-3-16(11-22)5-4-15-6-8-17(19)9-7-15/h6-9,13,16H,2-5,10-12H2,1H3,(H,20,21)/t16-/m1/s1. The van der Waals surface area contributed by atoms with Crippen LogP contribution < -0.4 is 0 Å². The fraction of sp³-hybridized carbons (Fsp3) is 0.500. The van der Waals surface area contributed by atoms with Crippen molar-refractivity contribution in [1.82, 2.24) is 14.9 Å². The van der Waals surface area contributed by atoms with Gasteiger partial charge in [0.05, 0.1) is 12.0 Å². The quantitative estimate of drug-likeness (QED) is 0.913. The van der Waals surface area contributed by atoms with Crippen LogP contribution in [0.25, 0.3) is 0 Å². The second-order valence-electron chi connectivity index (χ2n) is 6.38. The van der Waals surface area contributed by atoms with E-state index < -0.39 is 0 Å². The van der Waals surface area contributed by atoms with Gasteiger partial charge in [-0.2, -0.15) is 0 Å². The Kier molecular flexibility index (Phi) is 4.88. The number of rotatable bonds is 5. The number of imidazole rings is 1. The van der Waals surface area contributed by atoms with Gasteiger partial charge in [-0.3, -0.25) is 4.90 Å². The van der Waals surface area contributed by atoms with Gasteiger partial charge in [0.15, 0.2) is 0 Å². The van der Waals surface area contributed by atoms with E-state index >= 15 is 0 Å². The molecule has 118 valence electrons. The molecule has 0 bridgehead atoms. The summed E-state index contributed by atoms with van der Waals surface area (Å²) in [6, 6.07) is 6.93. The van der Waals surface area contributed by atoms with Gasteiger partial charge in [0.25, 0.3) is 0 Å². The topological polar surface area (TPSA) is 31.9 Å². The highest BCUT2D eigenvalue weighted by Crippen LogP contribution is 2.23. The Balaban J connectivity index is 1.50. The normalized spacial score (nSPS) is 19.5. The molecule has 0 saturated carbocycles. The van der Waals surface area contributed by atoms with Crippen LogP contribution in [0.4, 0.5) is 4.39 Å². The van der Waals surface area contributed by atoms with Crippen molar-refractivity contribution in [3.8, 4) is 0 Å². The van der Waals surface area contributed by atoms with E-state index in [0.717, 1.165) is 25.4 Å². The molecule has 4 heteroatoms. The van der Waals surface area contributed by atoms with E-state index in [1.54, 1.807) is 18.5 Å². The molecule has 3 rings (SSSR count). The van der Waals surface area contributed by atoms with Gasteiger partial charge in [0.2, 0.25) is 0 Å². The lowest BCUT2D eigenvalue weighted by Gasteiger charge is -2.32. The molecular formula is C18H24FN3. The molecule has 0 unspecified atom stereocenters. The Bertz CT molecular complexity index is 591. The van der Waals surface area contributed by atoms with E-state index in [2.05, 4.69) is 21.8 Å². The van der Waals surface area contributed by atoms with Gasteiger partial charge in [0, 0.05) is 18.8 Å². The Morgan fingerprint density at radius 1 is 1.32 bits per heavy atom. The summed E-state index contributed by atoms with van der Waals surface area (Å²) < 4.78 is 12.9. The van der Waals surface area contributed by atoms with E-state index in [-0.39, 0.29) is 5.82 Å². The van der Waals surface area contributed by atoms with Gasteiger partial charge >= 0.3 is 0 Å². The lowest BCUT2D eigenvalue weighted by molar-refractivity contribution is 0.160. The second kappa shape index (κ2) is 7.05. The summed E-state index contributed by atoms with van der Waals surface area (Å²) in [5.41, 5.74) is 3.58. The average Bonchev–Trinajstić information content (AvgIpc) is 2.92. The Morgan fingerprint density at radius 2 is 2.14 bits per heavy atom. The van der Waals surface area contributed by atoms with Crippen molar-refractivity contribution in [2.75, 3.05) is 13.1 Å². The SMILES string of the molecule is Cc1[nH]cnc1CN1CCC[C@H](CCc2ccc(F)cc2)C1. The van der Waals surface area contributed by atoms with Crippen molar-refractivity contribution in [3.05, 3.63) is 53.4 Å². The highest BCUT2D eigenvalue weighted by atomic mass is 19.1. The monoisotopic (exact) mass is 301 g/mol. The maximum atomic E-state index is 12.9. The van der Waals surface area contributed by atoms with Gasteiger partial charge in [-0.25, -0.2) is 9.37 Å². The number of hydrogen-bond donors (Lipinski definition) is 1. The van der Waals surface area contributed by atoms with Crippen LogP contribution in [0.3, 0.4) is 0 Å². The molecule has 0 aliphatic carbocycles. The number of aryl methyl sites for hydroxylation is 2. The van der Waals surface area contributed by atoms with Crippen LogP contribution >= 0.6 is 0 Å². The lowest BCUT2D eigenvalue weighted by atomic mass is 9.91. The lowest BCUT2D eigenvalue weighted by Crippen LogP contribution is -2.35. The summed E-state index contributed by atoms with van der Waals surface area (Å²) in [7, 11) is 0. The van der Waals surface area contributed by atoms with E-state index in [1.165, 1.54) is 42.8 Å². The van der Waals surface area contributed by atoms with Gasteiger partial charge in [-0.1, -0.05) is 12.1 Å². The third-order valence-electron chi connectivity index (χ3n) is 4.67. The molecule has 1 aliphatic heterocycles. The minimum atomic E-state index is -0.151. The molecule has 1 aromatic heterocycles. The number of piperidine rings is 1. The number of aromatic amines is 1. The summed E-state index contributed by atoms with van der Waals surface area (Å²) in [5.74, 6) is 0.583. The summed E-state index contributed by atoms with van der Waals surface area (Å²) in [6.07, 6.45) is 6.57. The minimum absolute atomic E-state index is 0.151. The molecule has 1 fully saturated rings. The van der Waals surface area contributed by atoms with Crippen molar-refractivity contribution in [2.45, 2.75) is 39.2 Å². The summed E-state index contributed by atoms with van der Waals surface area (Å²) in [6.45, 7) is 5.34. The molecule has 0 amide bonds. The molecule has 2 heterocycles. The fourth-order valence-corrected chi connectivity index (χ4v) is 3.31. The molecule has 1 saturated heterocycles. The number of nitrogens with one attached hydrogen (secondary N) is 1. The first-order valence-electron chi connectivity index (χ1n) is 8.16. The van der Waals surface area contributed by atoms with Crippen molar-refractivity contribution >= 4 is 0 Å². The highest BCUT2D eigenvalue weighted by Gasteiger charge is 2.20. The predicted octanol–water partition coefficient (Wildman–Crippen LogP) is 3.70. The Morgan fingerprint density at radius 3 is 2.86 bits per heavy atom. The zero-order valence-corrected chi connectivity index (χ0v) is 13.2. The first-order valence-corrected chi connectivity index (χ1v) is 8.16. The molecule has 0 radical (unpaired) electrons. The molecule has 2 aromatic rings. The molecular weight excluding hydrogens is 277 g/mol. The van der Waals surface area contributed by atoms with Crippen LogP contribution in [0, 0.1) is 18.7 Å². The van der Waals surface area contributed by atoms with Gasteiger partial charge in [0.1, 0.15) is 5.82 Å². The first-order chi connectivity index (χ1) is 10.7. The Labute approximate surface area is 131 Å². The minimum Gasteiger partial charge on any atom is -0.348 e. The van der Waals surface area contributed by atoms with E-state index in [0.29, 0.717) is 0 Å². The van der Waals surface area contributed by atoms with Gasteiger partial charge in [-0.15, -0.1) is 0 Å². The molecule has 1 aliphatic rings. The third kappa shape index (κ3) is 3.95. The molecule has 1 aromatic carbocycles. The van der Waals surface area contributed by atoms with Crippen LogP contribution in [0.5, 0.6) is 0 Å². The number of likely N-dealkylation sites (tertiary alicyclic amines) is 1. The van der Waals surface area contributed by atoms with Gasteiger partial charge in [-0.05, 0) is 62.8 Å². The zero-order valence-electron chi connectivity index (χ0n) is 13.2. The van der Waals surface area contributed by atoms with Crippen LogP contribution in [0.1, 0.15) is 36.2 Å². The number of halogens is 1. The fourth-order valence-electron chi connectivity index (χ4n) is 3.31. The molecule has 22 heavy (non-hydrogen) atoms. The maximum absolute atomic E-state index is 12.9. The second-order valence-corrected chi connectivity index (χ2v) is 6.38. The van der Waals surface area contributed by atoms with Crippen LogP contribution in [-0.2, 0) is 13.0 Å². The highest BCUT2D eigenvalue weighted by molar-refractivity contribution is 5.16. The van der Waals surface area contributed by atoms with E-state index in [9.17, 15) is 4.39 Å². The summed E-state index contributed by atoms with van der Waals surface area (Å²) in [4.78, 5) is 10.1. The Hall–Kier alpha value is -1.68. The molecule has 1 N–H and O–H groups in total. The van der Waals surface area contributed by atoms with Crippen LogP contribution in [-0.4, -0.2) is 28.0 Å². The van der Waals surface area contributed by atoms with Crippen molar-refractivity contribution in [1.29, 1.82) is 0 Å². The maximum Gasteiger partial charge on any atom is 0.123 e. The predicted molar refractivity (Wildman–Crippen MR) is 86.0 cm³/mol. The van der Waals surface area contributed by atoms with E-state index in [4.69, 9.17) is 0 Å². The van der Waals surface area contributed by atoms with Crippen molar-refractivity contribution < 1.29 is 4.39 Å². The third-order valence-corrected chi connectivity index (χ3v) is 4.67. The zero-order chi connectivity index (χ0) is 15.4. The smallest absolute Gasteiger partial charge is 0.123 e. The van der Waals surface area contributed by atoms with Crippen LogP contribution in [0.2, 0.25) is 0 Å². The molecule has 3 nitrogen and oxygen atoms in total. The number of hydrogen-bond acceptors (Lipinski definition) is 2. The number of benzene rings is 1. The largest absolute Gasteiger partial charge is 0.348 e. The summed E-state index contributed by atoms with van der Waals surface area (Å²) in [5, 5.41) is 0. The summed E-state index contributed by atoms with van der Waals surface area (Å²) >= 11 is 0.